The molecule has 6 nitrogen and oxygen atoms in total. The topological polar surface area (TPSA) is 82.6 Å². The number of para-hydroxylation sites is 1. The molecule has 2 N–H and O–H groups in total. The number of rotatable bonds is 2. The molecule has 0 radical (unpaired) electrons. The molecule has 1 aromatic carbocycles. The van der Waals surface area contributed by atoms with E-state index in [1.54, 1.807) is 6.07 Å². The number of nitrogens with one attached hydrogen (secondary N) is 1. The zero-order valence-corrected chi connectivity index (χ0v) is 10.7. The standard InChI is InChI=1S/C14H14N2O4/c17-13(16-5-6-20-8-12(16)14(18)19)11-7-9-3-1-2-4-10(9)15-11/h1-4,7,12,15H,5-6,8H2,(H,18,19)/t12-/m1/s1. The molecule has 1 amide bonds. The zero-order valence-electron chi connectivity index (χ0n) is 10.7. The van der Waals surface area contributed by atoms with E-state index in [0.717, 1.165) is 10.9 Å². The van der Waals surface area contributed by atoms with Crippen molar-refractivity contribution in [2.45, 2.75) is 6.04 Å². The minimum absolute atomic E-state index is 0.0291. The highest BCUT2D eigenvalue weighted by molar-refractivity contribution is 5.99. The number of carbonyl (C=O) groups excluding carboxylic acids is 1. The Hall–Kier alpha value is -2.34. The second-order valence-corrected chi connectivity index (χ2v) is 4.70. The fraction of sp³-hybridized carbons (Fsp3) is 0.286. The number of aliphatic carboxylic acids is 1. The van der Waals surface area contributed by atoms with Crippen LogP contribution in [0.3, 0.4) is 0 Å². The van der Waals surface area contributed by atoms with Crippen LogP contribution in [0.4, 0.5) is 0 Å². The van der Waals surface area contributed by atoms with Gasteiger partial charge in [-0.05, 0) is 12.1 Å². The number of H-pyrrole nitrogens is 1. The number of hydrogen-bond acceptors (Lipinski definition) is 3. The molecule has 1 atom stereocenters. The molecule has 1 aromatic heterocycles. The lowest BCUT2D eigenvalue weighted by Crippen LogP contribution is -2.52. The third-order valence-electron chi connectivity index (χ3n) is 3.43. The quantitative estimate of drug-likeness (QED) is 0.859. The summed E-state index contributed by atoms with van der Waals surface area (Å²) in [5.41, 5.74) is 1.26. The number of benzene rings is 1. The minimum Gasteiger partial charge on any atom is -0.480 e. The van der Waals surface area contributed by atoms with Gasteiger partial charge in [-0.2, -0.15) is 0 Å². The number of hydrogen-bond donors (Lipinski definition) is 2. The number of ether oxygens (including phenoxy) is 1. The van der Waals surface area contributed by atoms with E-state index in [1.165, 1.54) is 4.90 Å². The van der Waals surface area contributed by atoms with Gasteiger partial charge in [-0.1, -0.05) is 18.2 Å². The molecule has 0 aliphatic carbocycles. The Balaban J connectivity index is 1.92. The first-order valence-corrected chi connectivity index (χ1v) is 6.36. The Kier molecular flexibility index (Phi) is 3.15. The molecule has 0 unspecified atom stereocenters. The first kappa shape index (κ1) is 12.7. The van der Waals surface area contributed by atoms with Crippen molar-refractivity contribution in [3.63, 3.8) is 0 Å². The van der Waals surface area contributed by atoms with Crippen molar-refractivity contribution in [3.8, 4) is 0 Å². The van der Waals surface area contributed by atoms with Crippen molar-refractivity contribution in [1.82, 2.24) is 9.88 Å². The van der Waals surface area contributed by atoms with Gasteiger partial charge in [0.15, 0.2) is 6.04 Å². The molecular weight excluding hydrogens is 260 g/mol. The second kappa shape index (κ2) is 4.97. The molecule has 104 valence electrons. The Morgan fingerprint density at radius 1 is 1.35 bits per heavy atom. The molecule has 0 bridgehead atoms. The molecular formula is C14H14N2O4. The third kappa shape index (κ3) is 2.14. The van der Waals surface area contributed by atoms with Crippen LogP contribution < -0.4 is 0 Å². The first-order chi connectivity index (χ1) is 9.66. The molecule has 1 fully saturated rings. The number of carboxylic acid groups (broad SMARTS) is 1. The van der Waals surface area contributed by atoms with Crippen LogP contribution in [0.2, 0.25) is 0 Å². The largest absolute Gasteiger partial charge is 0.480 e. The summed E-state index contributed by atoms with van der Waals surface area (Å²) >= 11 is 0. The maximum atomic E-state index is 12.5. The lowest BCUT2D eigenvalue weighted by molar-refractivity contribution is -0.147. The highest BCUT2D eigenvalue weighted by Gasteiger charge is 2.33. The van der Waals surface area contributed by atoms with Crippen molar-refractivity contribution in [3.05, 3.63) is 36.0 Å². The third-order valence-corrected chi connectivity index (χ3v) is 3.43. The van der Waals surface area contributed by atoms with Gasteiger partial charge in [-0.25, -0.2) is 4.79 Å². The van der Waals surface area contributed by atoms with Crippen LogP contribution >= 0.6 is 0 Å². The number of nitrogens with zero attached hydrogens (tertiary/aromatic N) is 1. The summed E-state index contributed by atoms with van der Waals surface area (Å²) in [6.07, 6.45) is 0. The number of morpholine rings is 1. The summed E-state index contributed by atoms with van der Waals surface area (Å²) in [7, 11) is 0. The van der Waals surface area contributed by atoms with Gasteiger partial charge in [-0.15, -0.1) is 0 Å². The normalized spacial score (nSPS) is 19.2. The maximum Gasteiger partial charge on any atom is 0.328 e. The first-order valence-electron chi connectivity index (χ1n) is 6.36. The summed E-state index contributed by atoms with van der Waals surface area (Å²) in [6, 6.07) is 8.35. The smallest absolute Gasteiger partial charge is 0.328 e. The fourth-order valence-corrected chi connectivity index (χ4v) is 2.39. The summed E-state index contributed by atoms with van der Waals surface area (Å²) in [4.78, 5) is 28.0. The summed E-state index contributed by atoms with van der Waals surface area (Å²) in [6.45, 7) is 0.669. The Bertz CT molecular complexity index is 631. The molecule has 20 heavy (non-hydrogen) atoms. The Labute approximate surface area is 114 Å². The number of aromatic amines is 1. The van der Waals surface area contributed by atoms with Crippen molar-refractivity contribution in [2.75, 3.05) is 19.8 Å². The van der Waals surface area contributed by atoms with Gasteiger partial charge < -0.3 is 19.7 Å². The van der Waals surface area contributed by atoms with Gasteiger partial charge >= 0.3 is 5.97 Å². The van der Waals surface area contributed by atoms with E-state index in [2.05, 4.69) is 4.98 Å². The minimum atomic E-state index is -1.05. The molecule has 2 heterocycles. The molecule has 2 aromatic rings. The molecule has 0 saturated carbocycles. The average molecular weight is 274 g/mol. The number of carbonyl (C=O) groups is 2. The molecule has 3 rings (SSSR count). The van der Waals surface area contributed by atoms with Crippen molar-refractivity contribution in [2.24, 2.45) is 0 Å². The second-order valence-electron chi connectivity index (χ2n) is 4.70. The lowest BCUT2D eigenvalue weighted by Gasteiger charge is -2.32. The van der Waals surface area contributed by atoms with Gasteiger partial charge in [-0.3, -0.25) is 4.79 Å². The molecule has 1 aliphatic heterocycles. The SMILES string of the molecule is O=C(O)[C@H]1COCCN1C(=O)c1cc2ccccc2[nH]1. The molecule has 1 saturated heterocycles. The molecule has 6 heteroatoms. The van der Waals surface area contributed by atoms with Crippen molar-refractivity contribution >= 4 is 22.8 Å². The van der Waals surface area contributed by atoms with E-state index in [-0.39, 0.29) is 19.1 Å². The van der Waals surface area contributed by atoms with Gasteiger partial charge in [0.2, 0.25) is 0 Å². The maximum absolute atomic E-state index is 12.5. The van der Waals surface area contributed by atoms with Crippen molar-refractivity contribution < 1.29 is 19.4 Å². The van der Waals surface area contributed by atoms with Gasteiger partial charge in [0.1, 0.15) is 5.69 Å². The van der Waals surface area contributed by atoms with Crippen molar-refractivity contribution in [1.29, 1.82) is 0 Å². The van der Waals surface area contributed by atoms with E-state index in [9.17, 15) is 9.59 Å². The van der Waals surface area contributed by atoms with Crippen LogP contribution in [0.15, 0.2) is 30.3 Å². The van der Waals surface area contributed by atoms with Crippen LogP contribution in [-0.4, -0.2) is 52.7 Å². The number of fused-ring (bicyclic) bond motifs is 1. The van der Waals surface area contributed by atoms with Gasteiger partial charge in [0, 0.05) is 17.4 Å². The summed E-state index contributed by atoms with van der Waals surface area (Å²) < 4.78 is 5.13. The van der Waals surface area contributed by atoms with E-state index in [1.807, 2.05) is 24.3 Å². The summed E-state index contributed by atoms with van der Waals surface area (Å²) in [5, 5.41) is 10.1. The monoisotopic (exact) mass is 274 g/mol. The molecule has 1 aliphatic rings. The summed E-state index contributed by atoms with van der Waals surface area (Å²) in [5.74, 6) is -1.36. The number of amides is 1. The Morgan fingerprint density at radius 3 is 2.90 bits per heavy atom. The van der Waals surface area contributed by atoms with Crippen LogP contribution in [0.25, 0.3) is 10.9 Å². The van der Waals surface area contributed by atoms with Crippen LogP contribution in [0, 0.1) is 0 Å². The lowest BCUT2D eigenvalue weighted by atomic mass is 10.2. The zero-order chi connectivity index (χ0) is 14.1. The number of carboxylic acids is 1. The van der Waals surface area contributed by atoms with Gasteiger partial charge in [0.25, 0.3) is 5.91 Å². The van der Waals surface area contributed by atoms with E-state index in [0.29, 0.717) is 12.3 Å². The Morgan fingerprint density at radius 2 is 2.15 bits per heavy atom. The van der Waals surface area contributed by atoms with Crippen LogP contribution in [0.1, 0.15) is 10.5 Å². The molecule has 0 spiro atoms. The highest BCUT2D eigenvalue weighted by Crippen LogP contribution is 2.18. The van der Waals surface area contributed by atoms with E-state index in [4.69, 9.17) is 9.84 Å². The average Bonchev–Trinajstić information content (AvgIpc) is 2.90. The predicted octanol–water partition coefficient (Wildman–Crippen LogP) is 1.09. The fourth-order valence-electron chi connectivity index (χ4n) is 2.39. The van der Waals surface area contributed by atoms with Crippen LogP contribution in [-0.2, 0) is 9.53 Å². The highest BCUT2D eigenvalue weighted by atomic mass is 16.5. The van der Waals surface area contributed by atoms with E-state index < -0.39 is 12.0 Å². The van der Waals surface area contributed by atoms with E-state index >= 15 is 0 Å². The van der Waals surface area contributed by atoms with Crippen LogP contribution in [0.5, 0.6) is 0 Å². The van der Waals surface area contributed by atoms with Gasteiger partial charge in [0.05, 0.1) is 13.2 Å². The predicted molar refractivity (Wildman–Crippen MR) is 71.6 cm³/mol. The number of aromatic nitrogens is 1.